The fraction of sp³-hybridized carbons (Fsp3) is 0.190. The van der Waals surface area contributed by atoms with Crippen molar-refractivity contribution < 1.29 is 9.53 Å². The van der Waals surface area contributed by atoms with Crippen molar-refractivity contribution in [2.75, 3.05) is 23.9 Å². The molecule has 0 aliphatic carbocycles. The molecule has 1 aliphatic rings. The first-order valence-corrected chi connectivity index (χ1v) is 9.36. The highest BCUT2D eigenvalue weighted by Gasteiger charge is 2.24. The number of aromatic nitrogens is 2. The van der Waals surface area contributed by atoms with E-state index in [4.69, 9.17) is 16.3 Å². The zero-order valence-electron chi connectivity index (χ0n) is 15.4. The standard InChI is InChI=1S/C21H19ClN4O2/c1-28-19-9-8-15(11-16(19)22)25-20-12-17(23-13-24-20)21(27)26-10-4-6-14-5-2-3-7-18(14)26/h2-3,5,7-9,11-13H,4,6,10H2,1H3,(H,23,24,25). The zero-order chi connectivity index (χ0) is 19.5. The molecule has 2 aromatic carbocycles. The summed E-state index contributed by atoms with van der Waals surface area (Å²) in [7, 11) is 1.56. The second-order valence-corrected chi connectivity index (χ2v) is 6.86. The zero-order valence-corrected chi connectivity index (χ0v) is 16.1. The van der Waals surface area contributed by atoms with Crippen LogP contribution in [0.4, 0.5) is 17.2 Å². The molecule has 0 fully saturated rings. The van der Waals surface area contributed by atoms with E-state index in [1.807, 2.05) is 24.3 Å². The molecule has 0 saturated heterocycles. The van der Waals surface area contributed by atoms with Crippen LogP contribution in [0.1, 0.15) is 22.5 Å². The minimum atomic E-state index is -0.134. The lowest BCUT2D eigenvalue weighted by molar-refractivity contribution is 0.0980. The maximum atomic E-state index is 13.1. The smallest absolute Gasteiger partial charge is 0.277 e. The van der Waals surface area contributed by atoms with Crippen molar-refractivity contribution in [1.29, 1.82) is 0 Å². The number of aryl methyl sites for hydroxylation is 1. The molecule has 0 unspecified atom stereocenters. The van der Waals surface area contributed by atoms with Crippen LogP contribution >= 0.6 is 11.6 Å². The van der Waals surface area contributed by atoms with Crippen molar-refractivity contribution in [2.45, 2.75) is 12.8 Å². The van der Waals surface area contributed by atoms with Crippen molar-refractivity contribution in [1.82, 2.24) is 9.97 Å². The molecule has 0 spiro atoms. The number of methoxy groups -OCH3 is 1. The van der Waals surface area contributed by atoms with Gasteiger partial charge in [-0.2, -0.15) is 0 Å². The highest BCUT2D eigenvalue weighted by molar-refractivity contribution is 6.32. The molecular weight excluding hydrogens is 376 g/mol. The monoisotopic (exact) mass is 394 g/mol. The van der Waals surface area contributed by atoms with E-state index in [2.05, 4.69) is 21.4 Å². The average molecular weight is 395 g/mol. The van der Waals surface area contributed by atoms with Crippen LogP contribution in [0.2, 0.25) is 5.02 Å². The van der Waals surface area contributed by atoms with Crippen LogP contribution in [-0.2, 0) is 6.42 Å². The number of fused-ring (bicyclic) bond motifs is 1. The van der Waals surface area contributed by atoms with Gasteiger partial charge in [0.15, 0.2) is 0 Å². The van der Waals surface area contributed by atoms with Crippen LogP contribution in [0, 0.1) is 0 Å². The number of nitrogens with one attached hydrogen (secondary N) is 1. The van der Waals surface area contributed by atoms with Gasteiger partial charge in [-0.25, -0.2) is 9.97 Å². The van der Waals surface area contributed by atoms with E-state index in [-0.39, 0.29) is 5.91 Å². The van der Waals surface area contributed by atoms with Crippen molar-refractivity contribution in [2.24, 2.45) is 0 Å². The summed E-state index contributed by atoms with van der Waals surface area (Å²) in [5.74, 6) is 0.977. The lowest BCUT2D eigenvalue weighted by Gasteiger charge is -2.29. The largest absolute Gasteiger partial charge is 0.495 e. The van der Waals surface area contributed by atoms with Crippen LogP contribution in [0.3, 0.4) is 0 Å². The summed E-state index contributed by atoms with van der Waals surface area (Å²) in [5.41, 5.74) is 3.22. The summed E-state index contributed by atoms with van der Waals surface area (Å²) < 4.78 is 5.16. The van der Waals surface area contributed by atoms with Gasteiger partial charge in [0, 0.05) is 24.0 Å². The van der Waals surface area contributed by atoms with Gasteiger partial charge in [-0.1, -0.05) is 29.8 Å². The summed E-state index contributed by atoms with van der Waals surface area (Å²) in [5, 5.41) is 3.64. The molecule has 0 bridgehead atoms. The van der Waals surface area contributed by atoms with Gasteiger partial charge in [-0.3, -0.25) is 4.79 Å². The van der Waals surface area contributed by atoms with Crippen molar-refractivity contribution in [3.05, 3.63) is 71.1 Å². The van der Waals surface area contributed by atoms with Crippen LogP contribution in [0.25, 0.3) is 0 Å². The lowest BCUT2D eigenvalue weighted by atomic mass is 10.0. The Morgan fingerprint density at radius 3 is 2.86 bits per heavy atom. The van der Waals surface area contributed by atoms with E-state index in [0.29, 0.717) is 28.8 Å². The van der Waals surface area contributed by atoms with Gasteiger partial charge in [-0.15, -0.1) is 0 Å². The molecule has 0 saturated carbocycles. The third-order valence-electron chi connectivity index (χ3n) is 4.67. The minimum Gasteiger partial charge on any atom is -0.495 e. The van der Waals surface area contributed by atoms with Crippen LogP contribution in [0.15, 0.2) is 54.9 Å². The molecule has 28 heavy (non-hydrogen) atoms. The molecule has 2 heterocycles. The van der Waals surface area contributed by atoms with E-state index in [9.17, 15) is 4.79 Å². The molecule has 142 valence electrons. The topological polar surface area (TPSA) is 67.3 Å². The molecule has 4 rings (SSSR count). The maximum Gasteiger partial charge on any atom is 0.277 e. The SMILES string of the molecule is COc1ccc(Nc2cc(C(=O)N3CCCc4ccccc43)ncn2)cc1Cl. The predicted molar refractivity (Wildman–Crippen MR) is 110 cm³/mol. The number of rotatable bonds is 4. The Morgan fingerprint density at radius 1 is 1.18 bits per heavy atom. The molecule has 0 atom stereocenters. The van der Waals surface area contributed by atoms with Crippen molar-refractivity contribution >= 4 is 34.7 Å². The second kappa shape index (κ2) is 7.86. The lowest BCUT2D eigenvalue weighted by Crippen LogP contribution is -2.36. The first kappa shape index (κ1) is 18.3. The summed E-state index contributed by atoms with van der Waals surface area (Å²) >= 11 is 6.17. The van der Waals surface area contributed by atoms with Crippen LogP contribution in [-0.4, -0.2) is 29.5 Å². The molecule has 0 radical (unpaired) electrons. The number of anilines is 3. The third kappa shape index (κ3) is 3.64. The van der Waals surface area contributed by atoms with Gasteiger partial charge < -0.3 is 15.0 Å². The van der Waals surface area contributed by atoms with E-state index in [0.717, 1.165) is 24.2 Å². The average Bonchev–Trinajstić information content (AvgIpc) is 2.73. The van der Waals surface area contributed by atoms with E-state index in [1.165, 1.54) is 11.9 Å². The first-order chi connectivity index (χ1) is 13.7. The summed E-state index contributed by atoms with van der Waals surface area (Å²) in [4.78, 5) is 23.3. The number of halogens is 1. The van der Waals surface area contributed by atoms with Gasteiger partial charge in [-0.05, 0) is 42.7 Å². The van der Waals surface area contributed by atoms with Crippen molar-refractivity contribution in [3.8, 4) is 5.75 Å². The molecule has 1 N–H and O–H groups in total. The van der Waals surface area contributed by atoms with E-state index < -0.39 is 0 Å². The molecule has 1 aliphatic heterocycles. The Kier molecular flexibility index (Phi) is 5.12. The minimum absolute atomic E-state index is 0.134. The molecule has 7 heteroatoms. The Bertz CT molecular complexity index is 1020. The normalized spacial score (nSPS) is 13.0. The number of amides is 1. The maximum absolute atomic E-state index is 13.1. The van der Waals surface area contributed by atoms with Crippen LogP contribution in [0.5, 0.6) is 5.75 Å². The Morgan fingerprint density at radius 2 is 2.04 bits per heavy atom. The first-order valence-electron chi connectivity index (χ1n) is 8.98. The number of para-hydroxylation sites is 1. The summed E-state index contributed by atoms with van der Waals surface area (Å²) in [6, 6.07) is 15.0. The van der Waals surface area contributed by atoms with Crippen molar-refractivity contribution in [3.63, 3.8) is 0 Å². The molecule has 1 amide bonds. The van der Waals surface area contributed by atoms with Gasteiger partial charge in [0.1, 0.15) is 23.6 Å². The summed E-state index contributed by atoms with van der Waals surface area (Å²) in [6.07, 6.45) is 3.30. The van der Waals surface area contributed by atoms with Gasteiger partial charge in [0.25, 0.3) is 5.91 Å². The van der Waals surface area contributed by atoms with Crippen LogP contribution < -0.4 is 15.0 Å². The fourth-order valence-electron chi connectivity index (χ4n) is 3.32. The Labute approximate surface area is 168 Å². The highest BCUT2D eigenvalue weighted by Crippen LogP contribution is 2.30. The number of ether oxygens (including phenoxy) is 1. The number of benzene rings is 2. The Balaban J connectivity index is 1.57. The number of carbonyl (C=O) groups excluding carboxylic acids is 1. The Hall–Kier alpha value is -3.12. The molecular formula is C21H19ClN4O2. The number of hydrogen-bond donors (Lipinski definition) is 1. The number of hydrogen-bond acceptors (Lipinski definition) is 5. The van der Waals surface area contributed by atoms with E-state index >= 15 is 0 Å². The van der Waals surface area contributed by atoms with Gasteiger partial charge in [0.2, 0.25) is 0 Å². The van der Waals surface area contributed by atoms with Gasteiger partial charge >= 0.3 is 0 Å². The predicted octanol–water partition coefficient (Wildman–Crippen LogP) is 4.48. The summed E-state index contributed by atoms with van der Waals surface area (Å²) in [6.45, 7) is 0.677. The molecule has 1 aromatic heterocycles. The quantitative estimate of drug-likeness (QED) is 0.706. The van der Waals surface area contributed by atoms with E-state index in [1.54, 1.807) is 30.2 Å². The third-order valence-corrected chi connectivity index (χ3v) is 4.96. The van der Waals surface area contributed by atoms with Gasteiger partial charge in [0.05, 0.1) is 12.1 Å². The molecule has 3 aromatic rings. The number of carbonyl (C=O) groups is 1. The number of nitrogens with zero attached hydrogens (tertiary/aromatic N) is 3. The fourth-order valence-corrected chi connectivity index (χ4v) is 3.58. The second-order valence-electron chi connectivity index (χ2n) is 6.45. The highest BCUT2D eigenvalue weighted by atomic mass is 35.5. The molecule has 6 nitrogen and oxygen atoms in total.